The number of carbonyl (C=O) groups excluding carboxylic acids is 2. The molecule has 0 heterocycles. The number of nitrogens with zero attached hydrogens (tertiary/aromatic N) is 1. The fourth-order valence-electron chi connectivity index (χ4n) is 1.27. The molecule has 1 aromatic rings. The molecule has 0 unspecified atom stereocenters. The molecule has 0 spiro atoms. The quantitative estimate of drug-likeness (QED) is 0.254. The number of ketones is 1. The van der Waals surface area contributed by atoms with Gasteiger partial charge in [0.05, 0.1) is 11.5 Å². The Bertz CT molecular complexity index is 452. The van der Waals surface area contributed by atoms with Crippen LogP contribution in [0.2, 0.25) is 0 Å². The lowest BCUT2D eigenvalue weighted by Crippen LogP contribution is -2.12. The van der Waals surface area contributed by atoms with Crippen molar-refractivity contribution in [2.45, 2.75) is 19.8 Å². The average molecular weight is 251 g/mol. The first-order valence-electron chi connectivity index (χ1n) is 5.48. The van der Waals surface area contributed by atoms with Crippen LogP contribution in [0.5, 0.6) is 0 Å². The van der Waals surface area contributed by atoms with Crippen LogP contribution < -0.4 is 0 Å². The zero-order valence-electron chi connectivity index (χ0n) is 9.92. The Balaban J connectivity index is 2.61. The van der Waals surface area contributed by atoms with Gasteiger partial charge in [-0.15, -0.1) is 0 Å². The van der Waals surface area contributed by atoms with Gasteiger partial charge in [0.1, 0.15) is 6.42 Å². The monoisotopic (exact) mass is 251 g/mol. The molecule has 0 aliphatic rings. The largest absolute Gasteiger partial charge is 0.465 e. The van der Waals surface area contributed by atoms with Crippen LogP contribution in [0.1, 0.15) is 30.1 Å². The molecule has 0 aliphatic carbocycles. The van der Waals surface area contributed by atoms with Crippen molar-refractivity contribution in [2.75, 3.05) is 6.61 Å². The summed E-state index contributed by atoms with van der Waals surface area (Å²) in [6.45, 7) is 2.14. The number of ether oxygens (including phenoxy) is 1. The third-order valence-corrected chi connectivity index (χ3v) is 2.17. The first-order chi connectivity index (χ1) is 8.54. The Morgan fingerprint density at radius 2 is 1.89 bits per heavy atom. The van der Waals surface area contributed by atoms with Crippen LogP contribution in [0.3, 0.4) is 0 Å². The highest BCUT2D eigenvalue weighted by atomic mass is 16.6. The number of hydrogen-bond donors (Lipinski definition) is 0. The van der Waals surface area contributed by atoms with Crippen LogP contribution in [0.4, 0.5) is 5.69 Å². The first kappa shape index (κ1) is 13.8. The van der Waals surface area contributed by atoms with Gasteiger partial charge in [0, 0.05) is 17.7 Å². The molecule has 0 aliphatic heterocycles. The van der Waals surface area contributed by atoms with Crippen LogP contribution in [-0.4, -0.2) is 23.3 Å². The maximum Gasteiger partial charge on any atom is 0.313 e. The molecule has 0 atom stereocenters. The molecule has 0 bridgehead atoms. The second-order valence-electron chi connectivity index (χ2n) is 3.62. The normalized spacial score (nSPS) is 9.83. The third-order valence-electron chi connectivity index (χ3n) is 2.17. The van der Waals surface area contributed by atoms with Crippen LogP contribution >= 0.6 is 0 Å². The third kappa shape index (κ3) is 3.97. The predicted molar refractivity (Wildman–Crippen MR) is 63.3 cm³/mol. The maximum atomic E-state index is 11.6. The zero-order valence-corrected chi connectivity index (χ0v) is 9.92. The topological polar surface area (TPSA) is 86.5 Å². The van der Waals surface area contributed by atoms with E-state index in [1.165, 1.54) is 24.3 Å². The van der Waals surface area contributed by atoms with Crippen LogP contribution in [0.15, 0.2) is 24.3 Å². The van der Waals surface area contributed by atoms with Gasteiger partial charge in [-0.25, -0.2) is 0 Å². The maximum absolute atomic E-state index is 11.6. The number of nitro groups is 1. The molecular formula is C12H13NO5. The van der Waals surface area contributed by atoms with Crippen molar-refractivity contribution >= 4 is 17.4 Å². The van der Waals surface area contributed by atoms with Crippen molar-refractivity contribution < 1.29 is 19.2 Å². The summed E-state index contributed by atoms with van der Waals surface area (Å²) in [5, 5.41) is 10.4. The minimum Gasteiger partial charge on any atom is -0.465 e. The van der Waals surface area contributed by atoms with Crippen LogP contribution in [0.25, 0.3) is 0 Å². The summed E-state index contributed by atoms with van der Waals surface area (Å²) in [5.74, 6) is -0.994. The first-order valence-corrected chi connectivity index (χ1v) is 5.48. The minimum absolute atomic E-state index is 0.0971. The number of non-ortho nitro benzene ring substituents is 1. The molecule has 6 heteroatoms. The standard InChI is InChI=1S/C12H13NO5/c1-2-7-18-12(15)8-11(14)9-3-5-10(6-4-9)13(16)17/h3-6H,2,7-8H2,1H3. The molecular weight excluding hydrogens is 238 g/mol. The van der Waals surface area contributed by atoms with Crippen LogP contribution in [-0.2, 0) is 9.53 Å². The van der Waals surface area contributed by atoms with Gasteiger partial charge in [-0.3, -0.25) is 19.7 Å². The number of rotatable bonds is 6. The van der Waals surface area contributed by atoms with E-state index in [2.05, 4.69) is 0 Å². The van der Waals surface area contributed by atoms with E-state index in [-0.39, 0.29) is 24.3 Å². The lowest BCUT2D eigenvalue weighted by Gasteiger charge is -2.02. The fraction of sp³-hybridized carbons (Fsp3) is 0.333. The summed E-state index contributed by atoms with van der Waals surface area (Å²) in [6.07, 6.45) is 0.343. The smallest absolute Gasteiger partial charge is 0.313 e. The van der Waals surface area contributed by atoms with E-state index in [0.29, 0.717) is 6.42 Å². The summed E-state index contributed by atoms with van der Waals surface area (Å²) in [7, 11) is 0. The molecule has 1 aromatic carbocycles. The van der Waals surface area contributed by atoms with E-state index in [0.717, 1.165) is 0 Å². The Morgan fingerprint density at radius 3 is 2.39 bits per heavy atom. The molecule has 6 nitrogen and oxygen atoms in total. The summed E-state index contributed by atoms with van der Waals surface area (Å²) in [4.78, 5) is 32.7. The Hall–Kier alpha value is -2.24. The van der Waals surface area contributed by atoms with Crippen molar-refractivity contribution in [3.05, 3.63) is 39.9 Å². The van der Waals surface area contributed by atoms with Gasteiger partial charge < -0.3 is 4.74 Å². The molecule has 0 fully saturated rings. The number of hydrogen-bond acceptors (Lipinski definition) is 5. The van der Waals surface area contributed by atoms with Crippen molar-refractivity contribution in [3.63, 3.8) is 0 Å². The minimum atomic E-state index is -0.583. The van der Waals surface area contributed by atoms with Crippen molar-refractivity contribution in [3.8, 4) is 0 Å². The highest BCUT2D eigenvalue weighted by molar-refractivity contribution is 6.06. The number of benzene rings is 1. The summed E-state index contributed by atoms with van der Waals surface area (Å²) < 4.78 is 4.78. The molecule has 0 amide bonds. The lowest BCUT2D eigenvalue weighted by molar-refractivity contribution is -0.384. The van der Waals surface area contributed by atoms with Gasteiger partial charge in [0.25, 0.3) is 5.69 Å². The molecule has 0 radical (unpaired) electrons. The van der Waals surface area contributed by atoms with Gasteiger partial charge in [-0.05, 0) is 18.6 Å². The Morgan fingerprint density at radius 1 is 1.28 bits per heavy atom. The van der Waals surface area contributed by atoms with Gasteiger partial charge >= 0.3 is 5.97 Å². The Labute approximate surface area is 104 Å². The number of Topliss-reactive ketones (excluding diaryl/α,β-unsaturated/α-hetero) is 1. The van der Waals surface area contributed by atoms with Gasteiger partial charge in [-0.2, -0.15) is 0 Å². The molecule has 0 aromatic heterocycles. The second-order valence-corrected chi connectivity index (χ2v) is 3.62. The molecule has 96 valence electrons. The van der Waals surface area contributed by atoms with E-state index in [1.807, 2.05) is 6.92 Å². The average Bonchev–Trinajstić information content (AvgIpc) is 2.36. The van der Waals surface area contributed by atoms with Crippen molar-refractivity contribution in [1.29, 1.82) is 0 Å². The van der Waals surface area contributed by atoms with E-state index in [4.69, 9.17) is 4.74 Å². The van der Waals surface area contributed by atoms with Crippen molar-refractivity contribution in [2.24, 2.45) is 0 Å². The SMILES string of the molecule is CCCOC(=O)CC(=O)c1ccc([N+](=O)[O-])cc1. The molecule has 1 rings (SSSR count). The number of carbonyl (C=O) groups is 2. The van der Waals surface area contributed by atoms with Crippen molar-refractivity contribution in [1.82, 2.24) is 0 Å². The molecule has 18 heavy (non-hydrogen) atoms. The van der Waals surface area contributed by atoms with E-state index < -0.39 is 16.7 Å². The highest BCUT2D eigenvalue weighted by Gasteiger charge is 2.14. The van der Waals surface area contributed by atoms with E-state index in [9.17, 15) is 19.7 Å². The fourth-order valence-corrected chi connectivity index (χ4v) is 1.27. The molecule has 0 saturated carbocycles. The Kier molecular flexibility index (Phi) is 4.98. The molecule has 0 N–H and O–H groups in total. The number of nitro benzene ring substituents is 1. The number of esters is 1. The highest BCUT2D eigenvalue weighted by Crippen LogP contribution is 2.13. The zero-order chi connectivity index (χ0) is 13.5. The van der Waals surface area contributed by atoms with Gasteiger partial charge in [0.15, 0.2) is 5.78 Å². The van der Waals surface area contributed by atoms with E-state index >= 15 is 0 Å². The molecule has 0 saturated heterocycles. The lowest BCUT2D eigenvalue weighted by atomic mass is 10.1. The second kappa shape index (κ2) is 6.48. The summed E-state index contributed by atoms with van der Waals surface area (Å²) >= 11 is 0. The van der Waals surface area contributed by atoms with Crippen LogP contribution in [0, 0.1) is 10.1 Å². The summed E-state index contributed by atoms with van der Waals surface area (Å²) in [5.41, 5.74) is 0.161. The van der Waals surface area contributed by atoms with Gasteiger partial charge in [-0.1, -0.05) is 6.92 Å². The van der Waals surface area contributed by atoms with E-state index in [1.54, 1.807) is 0 Å². The van der Waals surface area contributed by atoms with Gasteiger partial charge in [0.2, 0.25) is 0 Å². The summed E-state index contributed by atoms with van der Waals surface area (Å²) in [6, 6.07) is 5.11. The predicted octanol–water partition coefficient (Wildman–Crippen LogP) is 2.12.